The van der Waals surface area contributed by atoms with E-state index in [1.54, 1.807) is 0 Å². The molecule has 5 nitrogen and oxygen atoms in total. The topological polar surface area (TPSA) is 83.5 Å². The molecule has 1 atom stereocenters. The van der Waals surface area contributed by atoms with Crippen LogP contribution in [0, 0.1) is 10.8 Å². The van der Waals surface area contributed by atoms with Crippen LogP contribution in [0.1, 0.15) is 27.2 Å². The zero-order chi connectivity index (χ0) is 11.9. The highest BCUT2D eigenvalue weighted by molar-refractivity contribution is 7.85. The maximum Gasteiger partial charge on any atom is 0.266 e. The molecular formula is C9H17NO4S. The quantitative estimate of drug-likeness (QED) is 0.692. The summed E-state index contributed by atoms with van der Waals surface area (Å²) in [7, 11) is -3.99. The predicted molar refractivity (Wildman–Crippen MR) is 55.9 cm³/mol. The van der Waals surface area contributed by atoms with Crippen LogP contribution in [-0.4, -0.2) is 31.2 Å². The largest absolute Gasteiger partial charge is 0.354 e. The van der Waals surface area contributed by atoms with Gasteiger partial charge in [0.25, 0.3) is 10.1 Å². The van der Waals surface area contributed by atoms with Crippen molar-refractivity contribution < 1.29 is 17.8 Å². The molecule has 2 N–H and O–H groups in total. The summed E-state index contributed by atoms with van der Waals surface area (Å²) in [5, 5.41) is 2.52. The Morgan fingerprint density at radius 3 is 2.20 bits per heavy atom. The van der Waals surface area contributed by atoms with Crippen molar-refractivity contribution in [2.45, 2.75) is 27.2 Å². The molecule has 6 heteroatoms. The summed E-state index contributed by atoms with van der Waals surface area (Å²) in [6, 6.07) is 0. The number of hydrogen-bond acceptors (Lipinski definition) is 3. The predicted octanol–water partition coefficient (Wildman–Crippen LogP) is 0.427. The van der Waals surface area contributed by atoms with Gasteiger partial charge in [0, 0.05) is 6.54 Å². The van der Waals surface area contributed by atoms with Crippen LogP contribution >= 0.6 is 0 Å². The molecule has 0 aromatic heterocycles. The number of amides is 1. The molecule has 1 fully saturated rings. The second-order valence-electron chi connectivity index (χ2n) is 4.93. The molecule has 1 saturated carbocycles. The van der Waals surface area contributed by atoms with E-state index < -0.39 is 21.3 Å². The van der Waals surface area contributed by atoms with E-state index in [2.05, 4.69) is 5.32 Å². The maximum atomic E-state index is 11.6. The Balaban J connectivity index is 2.40. The third-order valence-corrected chi connectivity index (χ3v) is 4.03. The fraction of sp³-hybridized carbons (Fsp3) is 0.889. The summed E-state index contributed by atoms with van der Waals surface area (Å²) in [5.74, 6) is -0.578. The average molecular weight is 235 g/mol. The third-order valence-electron chi connectivity index (χ3n) is 3.31. The van der Waals surface area contributed by atoms with Crippen molar-refractivity contribution in [1.29, 1.82) is 0 Å². The Labute approximate surface area is 90.0 Å². The Morgan fingerprint density at radius 2 is 1.87 bits per heavy atom. The second-order valence-corrected chi connectivity index (χ2v) is 6.51. The first-order valence-corrected chi connectivity index (χ1v) is 6.43. The van der Waals surface area contributed by atoms with E-state index in [0.29, 0.717) is 0 Å². The normalized spacial score (nSPS) is 28.5. The van der Waals surface area contributed by atoms with E-state index in [1.807, 2.05) is 20.8 Å². The number of nitrogens with one attached hydrogen (secondary N) is 1. The first kappa shape index (κ1) is 12.4. The minimum atomic E-state index is -3.99. The summed E-state index contributed by atoms with van der Waals surface area (Å²) < 4.78 is 29.3. The molecule has 0 aromatic rings. The van der Waals surface area contributed by atoms with Crippen molar-refractivity contribution in [1.82, 2.24) is 5.32 Å². The second kappa shape index (κ2) is 3.45. The Hall–Kier alpha value is -0.620. The molecule has 0 bridgehead atoms. The SMILES string of the molecule is CC1(C)CC1(C)C(=O)NCCS(=O)(=O)O. The highest BCUT2D eigenvalue weighted by Gasteiger charge is 2.62. The van der Waals surface area contributed by atoms with Gasteiger partial charge < -0.3 is 5.32 Å². The van der Waals surface area contributed by atoms with Crippen molar-refractivity contribution in [2.24, 2.45) is 10.8 Å². The van der Waals surface area contributed by atoms with Crippen LogP contribution < -0.4 is 5.32 Å². The molecule has 0 radical (unpaired) electrons. The molecule has 1 amide bonds. The van der Waals surface area contributed by atoms with Gasteiger partial charge in [-0.15, -0.1) is 0 Å². The van der Waals surface area contributed by atoms with E-state index in [1.165, 1.54) is 0 Å². The molecule has 15 heavy (non-hydrogen) atoms. The Morgan fingerprint density at radius 1 is 1.40 bits per heavy atom. The van der Waals surface area contributed by atoms with Crippen molar-refractivity contribution in [3.05, 3.63) is 0 Å². The number of carbonyl (C=O) groups excluding carboxylic acids is 1. The van der Waals surface area contributed by atoms with E-state index in [4.69, 9.17) is 4.55 Å². The summed E-state index contributed by atoms with van der Waals surface area (Å²) in [5.41, 5.74) is -0.415. The zero-order valence-electron chi connectivity index (χ0n) is 9.20. The Kier molecular flexibility index (Phi) is 2.86. The number of carbonyl (C=O) groups is 1. The van der Waals surface area contributed by atoms with Crippen molar-refractivity contribution >= 4 is 16.0 Å². The summed E-state index contributed by atoms with van der Waals surface area (Å²) in [6.45, 7) is 5.81. The van der Waals surface area contributed by atoms with Gasteiger partial charge in [-0.1, -0.05) is 20.8 Å². The standard InChI is InChI=1S/C9H17NO4S/c1-8(2)6-9(8,3)7(11)10-4-5-15(12,13)14/h4-6H2,1-3H3,(H,10,11)(H,12,13,14). The van der Waals surface area contributed by atoms with E-state index in [0.717, 1.165) is 6.42 Å². The van der Waals surface area contributed by atoms with Crippen LogP contribution in [-0.2, 0) is 14.9 Å². The molecule has 88 valence electrons. The van der Waals surface area contributed by atoms with Gasteiger partial charge in [-0.25, -0.2) is 0 Å². The fourth-order valence-electron chi connectivity index (χ4n) is 1.72. The summed E-state index contributed by atoms with van der Waals surface area (Å²) in [4.78, 5) is 11.6. The van der Waals surface area contributed by atoms with Crippen LogP contribution in [0.15, 0.2) is 0 Å². The molecule has 1 aliphatic rings. The molecule has 0 aliphatic heterocycles. The highest BCUT2D eigenvalue weighted by Crippen LogP contribution is 2.63. The van der Waals surface area contributed by atoms with E-state index >= 15 is 0 Å². The van der Waals surface area contributed by atoms with E-state index in [9.17, 15) is 13.2 Å². The molecule has 0 saturated heterocycles. The van der Waals surface area contributed by atoms with Gasteiger partial charge in [0.05, 0.1) is 11.2 Å². The lowest BCUT2D eigenvalue weighted by Crippen LogP contribution is -2.35. The molecular weight excluding hydrogens is 218 g/mol. The van der Waals surface area contributed by atoms with Gasteiger partial charge in [-0.05, 0) is 11.8 Å². The minimum absolute atomic E-state index is 0.0187. The minimum Gasteiger partial charge on any atom is -0.354 e. The molecule has 0 heterocycles. The number of rotatable bonds is 4. The number of hydrogen-bond donors (Lipinski definition) is 2. The monoisotopic (exact) mass is 235 g/mol. The van der Waals surface area contributed by atoms with Gasteiger partial charge in [-0.2, -0.15) is 8.42 Å². The maximum absolute atomic E-state index is 11.6. The highest BCUT2D eigenvalue weighted by atomic mass is 32.2. The van der Waals surface area contributed by atoms with Gasteiger partial charge in [0.1, 0.15) is 0 Å². The van der Waals surface area contributed by atoms with Crippen LogP contribution in [0.25, 0.3) is 0 Å². The van der Waals surface area contributed by atoms with Crippen molar-refractivity contribution in [3.63, 3.8) is 0 Å². The lowest BCUT2D eigenvalue weighted by Gasteiger charge is -2.14. The van der Waals surface area contributed by atoms with Crippen molar-refractivity contribution in [2.75, 3.05) is 12.3 Å². The average Bonchev–Trinajstić information content (AvgIpc) is 2.49. The van der Waals surface area contributed by atoms with Gasteiger partial charge >= 0.3 is 0 Å². The summed E-state index contributed by atoms with van der Waals surface area (Å²) >= 11 is 0. The molecule has 1 unspecified atom stereocenters. The lowest BCUT2D eigenvalue weighted by molar-refractivity contribution is -0.126. The van der Waals surface area contributed by atoms with Crippen molar-refractivity contribution in [3.8, 4) is 0 Å². The van der Waals surface area contributed by atoms with Crippen LogP contribution in [0.5, 0.6) is 0 Å². The van der Waals surface area contributed by atoms with E-state index in [-0.39, 0.29) is 17.9 Å². The van der Waals surface area contributed by atoms with Gasteiger partial charge in [0.2, 0.25) is 5.91 Å². The lowest BCUT2D eigenvalue weighted by atomic mass is 9.97. The molecule has 0 spiro atoms. The van der Waals surface area contributed by atoms with Gasteiger partial charge in [0.15, 0.2) is 0 Å². The van der Waals surface area contributed by atoms with Crippen LogP contribution in [0.4, 0.5) is 0 Å². The Bertz CT molecular complexity index is 374. The molecule has 0 aromatic carbocycles. The smallest absolute Gasteiger partial charge is 0.266 e. The van der Waals surface area contributed by atoms with Gasteiger partial charge in [-0.3, -0.25) is 9.35 Å². The summed E-state index contributed by atoms with van der Waals surface area (Å²) in [6.07, 6.45) is 0.803. The third kappa shape index (κ3) is 2.69. The zero-order valence-corrected chi connectivity index (χ0v) is 10.0. The van der Waals surface area contributed by atoms with Crippen LogP contribution in [0.2, 0.25) is 0 Å². The first-order chi connectivity index (χ1) is 6.58. The van der Waals surface area contributed by atoms with Crippen LogP contribution in [0.3, 0.4) is 0 Å². The molecule has 1 aliphatic carbocycles. The fourth-order valence-corrected chi connectivity index (χ4v) is 2.08. The first-order valence-electron chi connectivity index (χ1n) is 4.82. The molecule has 1 rings (SSSR count).